The van der Waals surface area contributed by atoms with Gasteiger partial charge in [-0.05, 0) is 41.5 Å². The Bertz CT molecular complexity index is 1040. The number of sulfone groups is 1. The molecule has 0 aliphatic carbocycles. The summed E-state index contributed by atoms with van der Waals surface area (Å²) < 4.78 is 23.3. The number of hydrogen-bond donors (Lipinski definition) is 1. The summed E-state index contributed by atoms with van der Waals surface area (Å²) in [5.41, 5.74) is 1.35. The molecule has 0 aliphatic rings. The average molecular weight is 353 g/mol. The van der Waals surface area contributed by atoms with Gasteiger partial charge < -0.3 is 5.32 Å². The van der Waals surface area contributed by atoms with Gasteiger partial charge in [0, 0.05) is 11.8 Å². The lowest BCUT2D eigenvalue weighted by Gasteiger charge is -2.17. The minimum Gasteiger partial charge on any atom is -0.345 e. The third-order valence-electron chi connectivity index (χ3n) is 4.16. The summed E-state index contributed by atoms with van der Waals surface area (Å²) in [4.78, 5) is 12.7. The van der Waals surface area contributed by atoms with E-state index in [1.807, 2.05) is 49.4 Å². The van der Waals surface area contributed by atoms with Gasteiger partial charge in [0.2, 0.25) is 0 Å². The fourth-order valence-electron chi connectivity index (χ4n) is 2.85. The Morgan fingerprint density at radius 1 is 0.960 bits per heavy atom. The zero-order valence-electron chi connectivity index (χ0n) is 14.1. The predicted molar refractivity (Wildman–Crippen MR) is 99.4 cm³/mol. The van der Waals surface area contributed by atoms with Gasteiger partial charge in [0.25, 0.3) is 5.91 Å². The highest BCUT2D eigenvalue weighted by Crippen LogP contribution is 2.24. The first-order valence-electron chi connectivity index (χ1n) is 7.95. The van der Waals surface area contributed by atoms with Crippen molar-refractivity contribution >= 4 is 26.5 Å². The molecule has 128 valence electrons. The van der Waals surface area contributed by atoms with E-state index >= 15 is 0 Å². The standard InChI is InChI=1S/C20H19NO3S/c1-14(18-12-6-8-15-7-3-4-11-19(15)18)21-20(22)16-9-5-10-17(13-16)25(2,23)24/h3-14H,1-2H3,(H,21,22). The summed E-state index contributed by atoms with van der Waals surface area (Å²) in [6, 6.07) is 19.9. The van der Waals surface area contributed by atoms with Crippen molar-refractivity contribution in [1.82, 2.24) is 5.32 Å². The molecule has 0 spiro atoms. The number of carbonyl (C=O) groups is 1. The molecular formula is C20H19NO3S. The second-order valence-corrected chi connectivity index (χ2v) is 8.08. The minimum absolute atomic E-state index is 0.137. The van der Waals surface area contributed by atoms with E-state index < -0.39 is 9.84 Å². The Labute approximate surface area is 147 Å². The minimum atomic E-state index is -3.35. The van der Waals surface area contributed by atoms with Crippen molar-refractivity contribution in [3.05, 3.63) is 77.9 Å². The highest BCUT2D eigenvalue weighted by molar-refractivity contribution is 7.90. The summed E-state index contributed by atoms with van der Waals surface area (Å²) in [6.45, 7) is 1.92. The van der Waals surface area contributed by atoms with Crippen LogP contribution in [-0.2, 0) is 9.84 Å². The zero-order chi connectivity index (χ0) is 18.0. The van der Waals surface area contributed by atoms with E-state index in [0.717, 1.165) is 22.6 Å². The molecule has 1 unspecified atom stereocenters. The number of nitrogens with one attached hydrogen (secondary N) is 1. The van der Waals surface area contributed by atoms with Crippen molar-refractivity contribution in [2.24, 2.45) is 0 Å². The predicted octanol–water partition coefficient (Wildman–Crippen LogP) is 3.73. The summed E-state index contributed by atoms with van der Waals surface area (Å²) in [7, 11) is -3.35. The number of fused-ring (bicyclic) bond motifs is 1. The van der Waals surface area contributed by atoms with Crippen molar-refractivity contribution in [2.45, 2.75) is 17.9 Å². The van der Waals surface area contributed by atoms with E-state index in [9.17, 15) is 13.2 Å². The summed E-state index contributed by atoms with van der Waals surface area (Å²) >= 11 is 0. The van der Waals surface area contributed by atoms with Crippen LogP contribution in [0.15, 0.2) is 71.6 Å². The molecule has 25 heavy (non-hydrogen) atoms. The van der Waals surface area contributed by atoms with Crippen LogP contribution in [0.3, 0.4) is 0 Å². The van der Waals surface area contributed by atoms with Crippen LogP contribution in [0.1, 0.15) is 28.9 Å². The Balaban J connectivity index is 1.88. The lowest BCUT2D eigenvalue weighted by atomic mass is 9.99. The number of carbonyl (C=O) groups excluding carboxylic acids is 1. The van der Waals surface area contributed by atoms with Gasteiger partial charge in [-0.2, -0.15) is 0 Å². The molecule has 0 saturated heterocycles. The van der Waals surface area contributed by atoms with Gasteiger partial charge in [0.1, 0.15) is 0 Å². The maximum atomic E-state index is 12.5. The van der Waals surface area contributed by atoms with Crippen LogP contribution in [0.4, 0.5) is 0 Å². The molecule has 0 radical (unpaired) electrons. The zero-order valence-corrected chi connectivity index (χ0v) is 14.9. The Morgan fingerprint density at radius 2 is 1.64 bits per heavy atom. The molecule has 3 aromatic carbocycles. The van der Waals surface area contributed by atoms with E-state index in [0.29, 0.717) is 5.56 Å². The lowest BCUT2D eigenvalue weighted by Crippen LogP contribution is -2.26. The van der Waals surface area contributed by atoms with Gasteiger partial charge >= 0.3 is 0 Å². The third kappa shape index (κ3) is 3.72. The molecule has 1 amide bonds. The highest BCUT2D eigenvalue weighted by Gasteiger charge is 2.15. The fourth-order valence-corrected chi connectivity index (χ4v) is 3.52. The second kappa shape index (κ2) is 6.69. The molecule has 0 saturated carbocycles. The van der Waals surface area contributed by atoms with Crippen LogP contribution in [0.25, 0.3) is 10.8 Å². The normalized spacial score (nSPS) is 12.7. The maximum Gasteiger partial charge on any atom is 0.251 e. The monoisotopic (exact) mass is 353 g/mol. The molecule has 0 aliphatic heterocycles. The Hall–Kier alpha value is -2.66. The van der Waals surface area contributed by atoms with Crippen LogP contribution < -0.4 is 5.32 Å². The fraction of sp³-hybridized carbons (Fsp3) is 0.150. The van der Waals surface area contributed by atoms with Crippen molar-refractivity contribution in [1.29, 1.82) is 0 Å². The number of hydrogen-bond acceptors (Lipinski definition) is 3. The van der Waals surface area contributed by atoms with Gasteiger partial charge in [-0.3, -0.25) is 4.79 Å². The average Bonchev–Trinajstić information content (AvgIpc) is 2.60. The van der Waals surface area contributed by atoms with E-state index in [2.05, 4.69) is 5.32 Å². The summed E-state index contributed by atoms with van der Waals surface area (Å²) in [6.07, 6.45) is 1.13. The van der Waals surface area contributed by atoms with Crippen LogP contribution >= 0.6 is 0 Å². The van der Waals surface area contributed by atoms with Gasteiger partial charge in [-0.1, -0.05) is 48.5 Å². The van der Waals surface area contributed by atoms with Gasteiger partial charge in [0.15, 0.2) is 9.84 Å². The molecule has 1 atom stereocenters. The molecule has 0 aromatic heterocycles. The molecule has 4 nitrogen and oxygen atoms in total. The molecule has 0 bridgehead atoms. The quantitative estimate of drug-likeness (QED) is 0.777. The molecule has 0 heterocycles. The first-order chi connectivity index (χ1) is 11.9. The molecule has 3 aromatic rings. The van der Waals surface area contributed by atoms with Crippen LogP contribution in [0.5, 0.6) is 0 Å². The summed E-state index contributed by atoms with van der Waals surface area (Å²) in [5, 5.41) is 5.15. The first-order valence-corrected chi connectivity index (χ1v) is 9.84. The molecule has 5 heteroatoms. The number of rotatable bonds is 4. The Kier molecular flexibility index (Phi) is 4.59. The van der Waals surface area contributed by atoms with Crippen molar-refractivity contribution < 1.29 is 13.2 Å². The van der Waals surface area contributed by atoms with E-state index in [1.165, 1.54) is 12.1 Å². The molecule has 0 fully saturated rings. The van der Waals surface area contributed by atoms with Crippen LogP contribution in [-0.4, -0.2) is 20.6 Å². The van der Waals surface area contributed by atoms with Gasteiger partial charge in [0.05, 0.1) is 10.9 Å². The second-order valence-electron chi connectivity index (χ2n) is 6.06. The molecule has 1 N–H and O–H groups in total. The lowest BCUT2D eigenvalue weighted by molar-refractivity contribution is 0.0940. The topological polar surface area (TPSA) is 63.2 Å². The van der Waals surface area contributed by atoms with Crippen molar-refractivity contribution in [3.63, 3.8) is 0 Å². The number of amides is 1. The number of benzene rings is 3. The van der Waals surface area contributed by atoms with Crippen LogP contribution in [0.2, 0.25) is 0 Å². The maximum absolute atomic E-state index is 12.5. The molecular weight excluding hydrogens is 334 g/mol. The van der Waals surface area contributed by atoms with Gasteiger partial charge in [-0.25, -0.2) is 8.42 Å². The first kappa shape index (κ1) is 17.2. The Morgan fingerprint density at radius 3 is 2.40 bits per heavy atom. The van der Waals surface area contributed by atoms with Crippen molar-refractivity contribution in [2.75, 3.05) is 6.26 Å². The van der Waals surface area contributed by atoms with E-state index in [1.54, 1.807) is 12.1 Å². The van der Waals surface area contributed by atoms with E-state index in [4.69, 9.17) is 0 Å². The van der Waals surface area contributed by atoms with Crippen LogP contribution in [0, 0.1) is 0 Å². The highest BCUT2D eigenvalue weighted by atomic mass is 32.2. The third-order valence-corrected chi connectivity index (χ3v) is 5.27. The SMILES string of the molecule is CC(NC(=O)c1cccc(S(C)(=O)=O)c1)c1cccc2ccccc12. The van der Waals surface area contributed by atoms with Crippen molar-refractivity contribution in [3.8, 4) is 0 Å². The van der Waals surface area contributed by atoms with Gasteiger partial charge in [-0.15, -0.1) is 0 Å². The smallest absolute Gasteiger partial charge is 0.251 e. The van der Waals surface area contributed by atoms with E-state index in [-0.39, 0.29) is 16.8 Å². The molecule has 3 rings (SSSR count). The largest absolute Gasteiger partial charge is 0.345 e. The summed E-state index contributed by atoms with van der Waals surface area (Å²) in [5.74, 6) is -0.300.